The number of nitrogens with one attached hydrogen (secondary N) is 2. The Kier molecular flexibility index (Phi) is 3.59. The molecule has 7 heteroatoms. The van der Waals surface area contributed by atoms with Gasteiger partial charge in [0.25, 0.3) is 0 Å². The van der Waals surface area contributed by atoms with E-state index in [1.54, 1.807) is 25.3 Å². The first-order valence-electron chi connectivity index (χ1n) is 6.30. The van der Waals surface area contributed by atoms with E-state index in [9.17, 15) is 8.42 Å². The Morgan fingerprint density at radius 2 is 2.15 bits per heavy atom. The summed E-state index contributed by atoms with van der Waals surface area (Å²) in [7, 11) is -3.52. The smallest absolute Gasteiger partial charge is 0.241 e. The third-order valence-electron chi connectivity index (χ3n) is 3.27. The van der Waals surface area contributed by atoms with Crippen LogP contribution in [0, 0.1) is 0 Å². The van der Waals surface area contributed by atoms with Crippen molar-refractivity contribution in [3.63, 3.8) is 0 Å². The standard InChI is InChI=1S/C13H15N3O2S2/c1-9(13-15-4-5-19-13)16-20(17,18)12-3-2-10-7-14-8-11(10)6-12/h2-6,9,14,16H,7-8H2,1H3. The van der Waals surface area contributed by atoms with Crippen LogP contribution in [0.2, 0.25) is 0 Å². The van der Waals surface area contributed by atoms with E-state index in [0.29, 0.717) is 4.90 Å². The summed E-state index contributed by atoms with van der Waals surface area (Å²) in [5.74, 6) is 0. The van der Waals surface area contributed by atoms with Gasteiger partial charge in [-0.1, -0.05) is 6.07 Å². The first-order valence-corrected chi connectivity index (χ1v) is 8.67. The topological polar surface area (TPSA) is 71.1 Å². The minimum atomic E-state index is -3.52. The molecular formula is C13H15N3O2S2. The molecule has 0 saturated carbocycles. The monoisotopic (exact) mass is 309 g/mol. The molecule has 5 nitrogen and oxygen atoms in total. The Hall–Kier alpha value is -1.28. The summed E-state index contributed by atoms with van der Waals surface area (Å²) in [5, 5.41) is 5.80. The lowest BCUT2D eigenvalue weighted by molar-refractivity contribution is 0.566. The van der Waals surface area contributed by atoms with Gasteiger partial charge >= 0.3 is 0 Å². The van der Waals surface area contributed by atoms with Crippen LogP contribution in [0.25, 0.3) is 0 Å². The lowest BCUT2D eigenvalue weighted by Crippen LogP contribution is -2.26. The summed E-state index contributed by atoms with van der Waals surface area (Å²) < 4.78 is 27.4. The lowest BCUT2D eigenvalue weighted by Gasteiger charge is -2.12. The number of hydrogen-bond donors (Lipinski definition) is 2. The predicted octanol–water partition coefficient (Wildman–Crippen LogP) is 1.79. The molecule has 20 heavy (non-hydrogen) atoms. The molecule has 0 bridgehead atoms. The van der Waals surface area contributed by atoms with Crippen molar-refractivity contribution < 1.29 is 8.42 Å². The molecule has 3 rings (SSSR count). The molecule has 0 saturated heterocycles. The third kappa shape index (κ3) is 2.62. The minimum absolute atomic E-state index is 0.309. The molecule has 0 amide bonds. The largest absolute Gasteiger partial charge is 0.309 e. The van der Waals surface area contributed by atoms with Crippen molar-refractivity contribution in [3.05, 3.63) is 45.9 Å². The van der Waals surface area contributed by atoms with Crippen molar-refractivity contribution in [1.29, 1.82) is 0 Å². The fourth-order valence-electron chi connectivity index (χ4n) is 2.24. The van der Waals surface area contributed by atoms with E-state index in [0.717, 1.165) is 29.2 Å². The van der Waals surface area contributed by atoms with Gasteiger partial charge in [-0.15, -0.1) is 11.3 Å². The van der Waals surface area contributed by atoms with Gasteiger partial charge in [-0.2, -0.15) is 0 Å². The van der Waals surface area contributed by atoms with Crippen molar-refractivity contribution >= 4 is 21.4 Å². The Morgan fingerprint density at radius 3 is 2.90 bits per heavy atom. The normalized spacial score (nSPS) is 16.1. The summed E-state index contributed by atoms with van der Waals surface area (Å²) in [6, 6.07) is 4.94. The van der Waals surface area contributed by atoms with Crippen LogP contribution in [0.5, 0.6) is 0 Å². The zero-order valence-corrected chi connectivity index (χ0v) is 12.6. The molecule has 0 aliphatic carbocycles. The number of hydrogen-bond acceptors (Lipinski definition) is 5. The number of rotatable bonds is 4. The zero-order valence-electron chi connectivity index (χ0n) is 11.0. The van der Waals surface area contributed by atoms with E-state index in [2.05, 4.69) is 15.0 Å². The van der Waals surface area contributed by atoms with Crippen LogP contribution in [0.1, 0.15) is 29.1 Å². The molecular weight excluding hydrogens is 294 g/mol. The molecule has 2 aromatic rings. The summed E-state index contributed by atoms with van der Waals surface area (Å²) in [5.41, 5.74) is 2.21. The zero-order chi connectivity index (χ0) is 14.2. The van der Waals surface area contributed by atoms with Crippen LogP contribution in [0.3, 0.4) is 0 Å². The Balaban J connectivity index is 1.85. The van der Waals surface area contributed by atoms with Gasteiger partial charge in [0, 0.05) is 24.7 Å². The van der Waals surface area contributed by atoms with E-state index in [4.69, 9.17) is 0 Å². The average Bonchev–Trinajstić information content (AvgIpc) is 3.08. The molecule has 0 radical (unpaired) electrons. The second kappa shape index (κ2) is 5.25. The SMILES string of the molecule is CC(NS(=O)(=O)c1ccc2c(c1)CNC2)c1nccs1. The van der Waals surface area contributed by atoms with Gasteiger partial charge in [0.2, 0.25) is 10.0 Å². The molecule has 1 unspecified atom stereocenters. The first-order chi connectivity index (χ1) is 9.56. The molecule has 1 aliphatic heterocycles. The highest BCUT2D eigenvalue weighted by atomic mass is 32.2. The van der Waals surface area contributed by atoms with Gasteiger partial charge in [-0.3, -0.25) is 0 Å². The van der Waals surface area contributed by atoms with Gasteiger partial charge in [0.15, 0.2) is 0 Å². The highest BCUT2D eigenvalue weighted by Gasteiger charge is 2.21. The van der Waals surface area contributed by atoms with Crippen LogP contribution in [-0.4, -0.2) is 13.4 Å². The number of nitrogens with zero attached hydrogens (tertiary/aromatic N) is 1. The molecule has 1 aliphatic rings. The summed E-state index contributed by atoms with van der Waals surface area (Å²) >= 11 is 1.44. The summed E-state index contributed by atoms with van der Waals surface area (Å²) in [6.45, 7) is 3.32. The number of benzene rings is 1. The van der Waals surface area contributed by atoms with E-state index in [1.807, 2.05) is 11.4 Å². The van der Waals surface area contributed by atoms with Crippen molar-refractivity contribution in [1.82, 2.24) is 15.0 Å². The van der Waals surface area contributed by atoms with Crippen LogP contribution < -0.4 is 10.0 Å². The van der Waals surface area contributed by atoms with Crippen LogP contribution in [-0.2, 0) is 23.1 Å². The second-order valence-electron chi connectivity index (χ2n) is 4.75. The number of sulfonamides is 1. The molecule has 1 aromatic heterocycles. The van der Waals surface area contributed by atoms with Crippen LogP contribution in [0.4, 0.5) is 0 Å². The predicted molar refractivity (Wildman–Crippen MR) is 77.8 cm³/mol. The van der Waals surface area contributed by atoms with Crippen LogP contribution in [0.15, 0.2) is 34.7 Å². The highest BCUT2D eigenvalue weighted by molar-refractivity contribution is 7.89. The van der Waals surface area contributed by atoms with Crippen molar-refractivity contribution in [2.45, 2.75) is 31.0 Å². The molecule has 1 aromatic carbocycles. The maximum atomic E-state index is 12.4. The third-order valence-corrected chi connectivity index (χ3v) is 5.77. The summed E-state index contributed by atoms with van der Waals surface area (Å²) in [6.07, 6.45) is 1.67. The average molecular weight is 309 g/mol. The van der Waals surface area contributed by atoms with Crippen molar-refractivity contribution in [2.75, 3.05) is 0 Å². The number of fused-ring (bicyclic) bond motifs is 1. The molecule has 0 spiro atoms. The maximum absolute atomic E-state index is 12.4. The van der Waals surface area contributed by atoms with E-state index < -0.39 is 10.0 Å². The fourth-order valence-corrected chi connectivity index (χ4v) is 4.22. The molecule has 2 heterocycles. The van der Waals surface area contributed by atoms with Crippen LogP contribution >= 0.6 is 11.3 Å². The van der Waals surface area contributed by atoms with Gasteiger partial charge in [-0.05, 0) is 30.2 Å². The van der Waals surface area contributed by atoms with Gasteiger partial charge in [-0.25, -0.2) is 18.1 Å². The fraction of sp³-hybridized carbons (Fsp3) is 0.308. The van der Waals surface area contributed by atoms with E-state index in [-0.39, 0.29) is 6.04 Å². The molecule has 0 fully saturated rings. The first kappa shape index (κ1) is 13.7. The highest BCUT2D eigenvalue weighted by Crippen LogP contribution is 2.22. The number of aromatic nitrogens is 1. The Morgan fingerprint density at radius 1 is 1.35 bits per heavy atom. The van der Waals surface area contributed by atoms with Crippen molar-refractivity contribution in [2.24, 2.45) is 0 Å². The quantitative estimate of drug-likeness (QED) is 0.903. The lowest BCUT2D eigenvalue weighted by atomic mass is 10.1. The number of thiazole rings is 1. The second-order valence-corrected chi connectivity index (χ2v) is 7.39. The van der Waals surface area contributed by atoms with Gasteiger partial charge < -0.3 is 5.32 Å². The Labute approximate surface area is 122 Å². The summed E-state index contributed by atoms with van der Waals surface area (Å²) in [4.78, 5) is 4.44. The minimum Gasteiger partial charge on any atom is -0.309 e. The van der Waals surface area contributed by atoms with Gasteiger partial charge in [0.1, 0.15) is 5.01 Å². The van der Waals surface area contributed by atoms with E-state index in [1.165, 1.54) is 11.3 Å². The van der Waals surface area contributed by atoms with Gasteiger partial charge in [0.05, 0.1) is 10.9 Å². The Bertz CT molecular complexity index is 711. The molecule has 106 valence electrons. The maximum Gasteiger partial charge on any atom is 0.241 e. The van der Waals surface area contributed by atoms with E-state index >= 15 is 0 Å². The molecule has 2 N–H and O–H groups in total. The van der Waals surface area contributed by atoms with Crippen molar-refractivity contribution in [3.8, 4) is 0 Å². The molecule has 1 atom stereocenters.